The molecule has 1 saturated carbocycles. The van der Waals surface area contributed by atoms with E-state index >= 15 is 0 Å². The van der Waals surface area contributed by atoms with E-state index in [0.29, 0.717) is 11.2 Å². The van der Waals surface area contributed by atoms with E-state index in [2.05, 4.69) is 18.7 Å². The first-order valence-corrected chi connectivity index (χ1v) is 7.41. The highest BCUT2D eigenvalue weighted by Gasteiger charge is 2.34. The van der Waals surface area contributed by atoms with E-state index in [9.17, 15) is 4.79 Å². The van der Waals surface area contributed by atoms with Crippen LogP contribution < -0.4 is 0 Å². The van der Waals surface area contributed by atoms with Crippen LogP contribution in [0.1, 0.15) is 65.2 Å². The lowest BCUT2D eigenvalue weighted by molar-refractivity contribution is -0.125. The summed E-state index contributed by atoms with van der Waals surface area (Å²) in [5.74, 6) is 0.516. The molecule has 1 saturated heterocycles. The van der Waals surface area contributed by atoms with E-state index in [-0.39, 0.29) is 6.04 Å². The fourth-order valence-corrected chi connectivity index (χ4v) is 3.26. The lowest BCUT2D eigenvalue weighted by atomic mass is 9.77. The number of carbonyl (C=O) groups excluding carboxylic acids is 1. The van der Waals surface area contributed by atoms with Crippen LogP contribution in [0.4, 0.5) is 0 Å². The first-order chi connectivity index (χ1) is 8.14. The van der Waals surface area contributed by atoms with Crippen molar-refractivity contribution in [2.75, 3.05) is 13.1 Å². The Morgan fingerprint density at radius 1 is 1.24 bits per heavy atom. The Labute approximate surface area is 106 Å². The van der Waals surface area contributed by atoms with Crippen LogP contribution in [0.3, 0.4) is 0 Å². The molecule has 17 heavy (non-hydrogen) atoms. The number of rotatable bonds is 2. The number of ketones is 1. The zero-order valence-electron chi connectivity index (χ0n) is 11.5. The Bertz CT molecular complexity index is 266. The van der Waals surface area contributed by atoms with Crippen LogP contribution in [-0.4, -0.2) is 29.8 Å². The molecule has 0 amide bonds. The number of Topliss-reactive ketones (excluding diaryl/α,β-unsaturated/α-hetero) is 1. The van der Waals surface area contributed by atoms with Gasteiger partial charge in [-0.25, -0.2) is 0 Å². The minimum atomic E-state index is 0.263. The van der Waals surface area contributed by atoms with Gasteiger partial charge in [0.15, 0.2) is 0 Å². The van der Waals surface area contributed by atoms with Gasteiger partial charge in [0.2, 0.25) is 0 Å². The average molecular weight is 237 g/mol. The van der Waals surface area contributed by atoms with Gasteiger partial charge in [0, 0.05) is 6.42 Å². The van der Waals surface area contributed by atoms with Crippen molar-refractivity contribution < 1.29 is 4.79 Å². The van der Waals surface area contributed by atoms with Crippen LogP contribution in [0, 0.1) is 5.41 Å². The number of nitrogens with zero attached hydrogens (tertiary/aromatic N) is 1. The molecule has 0 aromatic rings. The molecule has 1 atom stereocenters. The molecule has 0 spiro atoms. The molecular formula is C15H27NO. The molecule has 0 radical (unpaired) electrons. The van der Waals surface area contributed by atoms with Crippen molar-refractivity contribution in [1.82, 2.24) is 4.90 Å². The summed E-state index contributed by atoms with van der Waals surface area (Å²) in [6.07, 6.45) is 9.38. The van der Waals surface area contributed by atoms with E-state index in [1.165, 1.54) is 32.1 Å². The Morgan fingerprint density at radius 3 is 2.59 bits per heavy atom. The second-order valence-electron chi connectivity index (χ2n) is 6.28. The third kappa shape index (κ3) is 3.09. The van der Waals surface area contributed by atoms with Crippen molar-refractivity contribution in [3.63, 3.8) is 0 Å². The maximum Gasteiger partial charge on any atom is 0.149 e. The molecule has 0 aromatic heterocycles. The predicted octanol–water partition coefficient (Wildman–Crippen LogP) is 3.40. The van der Waals surface area contributed by atoms with E-state index in [1.807, 2.05) is 0 Å². The van der Waals surface area contributed by atoms with Crippen molar-refractivity contribution in [2.45, 2.75) is 71.3 Å². The van der Waals surface area contributed by atoms with Gasteiger partial charge in [-0.1, -0.05) is 33.1 Å². The van der Waals surface area contributed by atoms with Crippen LogP contribution >= 0.6 is 0 Å². The highest BCUT2D eigenvalue weighted by Crippen LogP contribution is 2.35. The van der Waals surface area contributed by atoms with Gasteiger partial charge in [-0.3, -0.25) is 9.69 Å². The molecule has 2 aliphatic rings. The fourth-order valence-electron chi connectivity index (χ4n) is 3.26. The molecule has 98 valence electrons. The predicted molar refractivity (Wildman–Crippen MR) is 71.1 cm³/mol. The molecule has 2 nitrogen and oxygen atoms in total. The van der Waals surface area contributed by atoms with Crippen LogP contribution in [0.15, 0.2) is 0 Å². The van der Waals surface area contributed by atoms with Gasteiger partial charge >= 0.3 is 0 Å². The first-order valence-electron chi connectivity index (χ1n) is 7.41. The minimum absolute atomic E-state index is 0.263. The number of carbonyl (C=O) groups is 1. The summed E-state index contributed by atoms with van der Waals surface area (Å²) in [5.41, 5.74) is 0.532. The molecule has 1 aliphatic heterocycles. The molecule has 2 fully saturated rings. The molecule has 2 heteroatoms. The summed E-state index contributed by atoms with van der Waals surface area (Å²) in [6, 6.07) is 0.263. The monoisotopic (exact) mass is 237 g/mol. The lowest BCUT2D eigenvalue weighted by Gasteiger charge is -2.41. The molecule has 1 heterocycles. The second-order valence-corrected chi connectivity index (χ2v) is 6.28. The van der Waals surface area contributed by atoms with Gasteiger partial charge in [-0.2, -0.15) is 0 Å². The zero-order chi connectivity index (χ0) is 12.3. The highest BCUT2D eigenvalue weighted by atomic mass is 16.1. The zero-order valence-corrected chi connectivity index (χ0v) is 11.5. The molecule has 2 rings (SSSR count). The molecule has 1 unspecified atom stereocenters. The highest BCUT2D eigenvalue weighted by molar-refractivity contribution is 5.84. The van der Waals surface area contributed by atoms with Crippen LogP contribution in [0.2, 0.25) is 0 Å². The molecule has 0 N–H and O–H groups in total. The quantitative estimate of drug-likeness (QED) is 0.686. The van der Waals surface area contributed by atoms with Crippen LogP contribution in [-0.2, 0) is 4.79 Å². The number of hydrogen-bond acceptors (Lipinski definition) is 2. The standard InChI is InChI=1S/C15H27NO/c1-3-15(2)9-11-16(12-10-15)13-7-5-4-6-8-14(13)17/h13H,3-12H2,1-2H3. The van der Waals surface area contributed by atoms with Gasteiger partial charge in [0.1, 0.15) is 5.78 Å². The second kappa shape index (κ2) is 5.51. The largest absolute Gasteiger partial charge is 0.298 e. The summed E-state index contributed by atoms with van der Waals surface area (Å²) in [7, 11) is 0. The summed E-state index contributed by atoms with van der Waals surface area (Å²) < 4.78 is 0. The van der Waals surface area contributed by atoms with E-state index in [0.717, 1.165) is 32.4 Å². The van der Waals surface area contributed by atoms with E-state index in [1.54, 1.807) is 0 Å². The number of likely N-dealkylation sites (tertiary alicyclic amines) is 1. The summed E-state index contributed by atoms with van der Waals surface area (Å²) >= 11 is 0. The summed E-state index contributed by atoms with van der Waals surface area (Å²) in [6.45, 7) is 6.98. The molecule has 1 aliphatic carbocycles. The normalized spacial score (nSPS) is 31.2. The Balaban J connectivity index is 1.93. The SMILES string of the molecule is CCC1(C)CCN(C2CCCCCC2=O)CC1. The van der Waals surface area contributed by atoms with E-state index < -0.39 is 0 Å². The number of piperidine rings is 1. The van der Waals surface area contributed by atoms with Crippen molar-refractivity contribution in [2.24, 2.45) is 5.41 Å². The smallest absolute Gasteiger partial charge is 0.149 e. The van der Waals surface area contributed by atoms with Gasteiger partial charge in [0.25, 0.3) is 0 Å². The Hall–Kier alpha value is -0.370. The third-order valence-corrected chi connectivity index (χ3v) is 5.07. The minimum Gasteiger partial charge on any atom is -0.298 e. The lowest BCUT2D eigenvalue weighted by Crippen LogP contribution is -2.47. The van der Waals surface area contributed by atoms with Crippen molar-refractivity contribution >= 4 is 5.78 Å². The molecule has 0 bridgehead atoms. The third-order valence-electron chi connectivity index (χ3n) is 5.07. The molecular weight excluding hydrogens is 210 g/mol. The topological polar surface area (TPSA) is 20.3 Å². The van der Waals surface area contributed by atoms with Crippen molar-refractivity contribution in [3.05, 3.63) is 0 Å². The first kappa shape index (κ1) is 13.1. The van der Waals surface area contributed by atoms with Gasteiger partial charge in [-0.15, -0.1) is 0 Å². The number of hydrogen-bond donors (Lipinski definition) is 0. The average Bonchev–Trinajstić information content (AvgIpc) is 2.55. The maximum atomic E-state index is 12.1. The summed E-state index contributed by atoms with van der Waals surface area (Å²) in [4.78, 5) is 14.6. The van der Waals surface area contributed by atoms with Crippen molar-refractivity contribution in [3.8, 4) is 0 Å². The van der Waals surface area contributed by atoms with Crippen molar-refractivity contribution in [1.29, 1.82) is 0 Å². The fraction of sp³-hybridized carbons (Fsp3) is 0.933. The van der Waals surface area contributed by atoms with Gasteiger partial charge < -0.3 is 0 Å². The Morgan fingerprint density at radius 2 is 1.94 bits per heavy atom. The van der Waals surface area contributed by atoms with Crippen LogP contribution in [0.25, 0.3) is 0 Å². The maximum absolute atomic E-state index is 12.1. The van der Waals surface area contributed by atoms with Gasteiger partial charge in [0.05, 0.1) is 6.04 Å². The van der Waals surface area contributed by atoms with Gasteiger partial charge in [-0.05, 0) is 44.2 Å². The van der Waals surface area contributed by atoms with Crippen LogP contribution in [0.5, 0.6) is 0 Å². The molecule has 0 aromatic carbocycles. The van der Waals surface area contributed by atoms with E-state index in [4.69, 9.17) is 0 Å². The summed E-state index contributed by atoms with van der Waals surface area (Å²) in [5, 5.41) is 0. The Kier molecular flexibility index (Phi) is 4.24.